The van der Waals surface area contributed by atoms with E-state index < -0.39 is 0 Å². The molecule has 1 aliphatic heterocycles. The van der Waals surface area contributed by atoms with Crippen molar-refractivity contribution in [2.24, 2.45) is 5.41 Å². The Labute approximate surface area is 114 Å². The predicted molar refractivity (Wildman–Crippen MR) is 75.0 cm³/mol. The van der Waals surface area contributed by atoms with Crippen molar-refractivity contribution in [1.29, 1.82) is 0 Å². The van der Waals surface area contributed by atoms with E-state index >= 15 is 0 Å². The molecule has 5 heteroatoms. The van der Waals surface area contributed by atoms with Gasteiger partial charge in [0.2, 0.25) is 0 Å². The topological polar surface area (TPSA) is 64.3 Å². The van der Waals surface area contributed by atoms with Gasteiger partial charge < -0.3 is 15.4 Å². The number of nitrogens with zero attached hydrogens (tertiary/aromatic N) is 3. The van der Waals surface area contributed by atoms with Crippen molar-refractivity contribution >= 4 is 11.6 Å². The van der Waals surface area contributed by atoms with Crippen LogP contribution in [-0.4, -0.2) is 36.3 Å². The third-order valence-corrected chi connectivity index (χ3v) is 4.71. The summed E-state index contributed by atoms with van der Waals surface area (Å²) in [5.41, 5.74) is 6.07. The van der Waals surface area contributed by atoms with E-state index in [2.05, 4.69) is 14.9 Å². The van der Waals surface area contributed by atoms with Gasteiger partial charge in [0.15, 0.2) is 0 Å². The predicted octanol–water partition coefficient (Wildman–Crippen LogP) is 1.84. The highest BCUT2D eigenvalue weighted by molar-refractivity contribution is 5.46. The zero-order valence-electron chi connectivity index (χ0n) is 11.5. The van der Waals surface area contributed by atoms with Gasteiger partial charge in [-0.15, -0.1) is 0 Å². The molecular weight excluding hydrogens is 240 g/mol. The van der Waals surface area contributed by atoms with Crippen molar-refractivity contribution in [3.63, 3.8) is 0 Å². The van der Waals surface area contributed by atoms with Crippen LogP contribution >= 0.6 is 0 Å². The largest absolute Gasteiger partial charge is 0.384 e. The molecule has 2 aliphatic rings. The van der Waals surface area contributed by atoms with Crippen LogP contribution in [0.1, 0.15) is 32.1 Å². The molecule has 1 aromatic heterocycles. The Kier molecular flexibility index (Phi) is 3.31. The Morgan fingerprint density at radius 2 is 2.21 bits per heavy atom. The number of aromatic nitrogens is 2. The van der Waals surface area contributed by atoms with E-state index in [1.165, 1.54) is 32.1 Å². The standard InChI is InChI=1S/C14H22N4O/c1-19-11-4-2-5-14(11)6-3-7-18(9-14)13-8-12(15)16-10-17-13/h8,10-11H,2-7,9H2,1H3,(H2,15,16,17)/t11-,14-/m1/s1. The molecule has 1 spiro atoms. The zero-order valence-corrected chi connectivity index (χ0v) is 11.5. The molecule has 19 heavy (non-hydrogen) atoms. The molecule has 1 saturated carbocycles. The summed E-state index contributed by atoms with van der Waals surface area (Å²) >= 11 is 0. The third kappa shape index (κ3) is 2.27. The highest BCUT2D eigenvalue weighted by atomic mass is 16.5. The van der Waals surface area contributed by atoms with E-state index in [1.54, 1.807) is 6.33 Å². The molecule has 1 aromatic rings. The average Bonchev–Trinajstić information content (AvgIpc) is 2.81. The van der Waals surface area contributed by atoms with E-state index in [-0.39, 0.29) is 0 Å². The Balaban J connectivity index is 1.81. The smallest absolute Gasteiger partial charge is 0.134 e. The number of methoxy groups -OCH3 is 1. The minimum Gasteiger partial charge on any atom is -0.384 e. The maximum Gasteiger partial charge on any atom is 0.134 e. The molecule has 5 nitrogen and oxygen atoms in total. The summed E-state index contributed by atoms with van der Waals surface area (Å²) in [4.78, 5) is 10.7. The third-order valence-electron chi connectivity index (χ3n) is 4.71. The lowest BCUT2D eigenvalue weighted by Crippen LogP contribution is -2.48. The maximum atomic E-state index is 5.76. The van der Waals surface area contributed by atoms with Crippen LogP contribution in [-0.2, 0) is 4.74 Å². The first kappa shape index (κ1) is 12.7. The quantitative estimate of drug-likeness (QED) is 0.881. The van der Waals surface area contributed by atoms with Gasteiger partial charge in [-0.2, -0.15) is 0 Å². The summed E-state index contributed by atoms with van der Waals surface area (Å²) in [6.07, 6.45) is 8.15. The monoisotopic (exact) mass is 262 g/mol. The Bertz CT molecular complexity index is 453. The summed E-state index contributed by atoms with van der Waals surface area (Å²) in [5.74, 6) is 1.49. The van der Waals surface area contributed by atoms with E-state index in [9.17, 15) is 0 Å². The Morgan fingerprint density at radius 1 is 1.37 bits per heavy atom. The highest BCUT2D eigenvalue weighted by Crippen LogP contribution is 2.46. The summed E-state index contributed by atoms with van der Waals surface area (Å²) in [6, 6.07) is 1.87. The van der Waals surface area contributed by atoms with Crippen LogP contribution in [0, 0.1) is 5.41 Å². The minimum atomic E-state index is 0.312. The van der Waals surface area contributed by atoms with Crippen LogP contribution in [0.25, 0.3) is 0 Å². The normalized spacial score (nSPS) is 31.0. The molecule has 104 valence electrons. The summed E-state index contributed by atoms with van der Waals surface area (Å²) in [7, 11) is 1.85. The Hall–Kier alpha value is -1.36. The molecule has 2 atom stereocenters. The second kappa shape index (κ2) is 4.96. The number of ether oxygens (including phenoxy) is 1. The van der Waals surface area contributed by atoms with Gasteiger partial charge in [0.05, 0.1) is 6.10 Å². The molecule has 1 aliphatic carbocycles. The number of rotatable bonds is 2. The number of anilines is 2. The van der Waals surface area contributed by atoms with Crippen molar-refractivity contribution in [3.05, 3.63) is 12.4 Å². The lowest BCUT2D eigenvalue weighted by Gasteiger charge is -2.44. The first-order valence-corrected chi connectivity index (χ1v) is 7.09. The molecule has 2 N–H and O–H groups in total. The summed E-state index contributed by atoms with van der Waals surface area (Å²) in [6.45, 7) is 2.08. The van der Waals surface area contributed by atoms with Crippen molar-refractivity contribution in [3.8, 4) is 0 Å². The fourth-order valence-electron chi connectivity index (χ4n) is 3.83. The number of hydrogen-bond donors (Lipinski definition) is 1. The van der Waals surface area contributed by atoms with Crippen LogP contribution in [0.15, 0.2) is 12.4 Å². The molecular formula is C14H22N4O. The summed E-state index contributed by atoms with van der Waals surface area (Å²) < 4.78 is 5.73. The van der Waals surface area contributed by atoms with Crippen LogP contribution in [0.2, 0.25) is 0 Å². The second-order valence-electron chi connectivity index (χ2n) is 5.81. The average molecular weight is 262 g/mol. The van der Waals surface area contributed by atoms with Gasteiger partial charge in [-0.05, 0) is 25.7 Å². The first-order chi connectivity index (χ1) is 9.23. The molecule has 1 saturated heterocycles. The van der Waals surface area contributed by atoms with E-state index in [0.717, 1.165) is 18.9 Å². The fraction of sp³-hybridized carbons (Fsp3) is 0.714. The van der Waals surface area contributed by atoms with Crippen molar-refractivity contribution in [2.45, 2.75) is 38.2 Å². The minimum absolute atomic E-state index is 0.312. The molecule has 3 rings (SSSR count). The van der Waals surface area contributed by atoms with Crippen molar-refractivity contribution in [2.75, 3.05) is 30.8 Å². The Morgan fingerprint density at radius 3 is 3.00 bits per heavy atom. The van der Waals surface area contributed by atoms with Crippen LogP contribution in [0.4, 0.5) is 11.6 Å². The van der Waals surface area contributed by atoms with Gasteiger partial charge in [0.1, 0.15) is 18.0 Å². The van der Waals surface area contributed by atoms with Crippen LogP contribution in [0.5, 0.6) is 0 Å². The van der Waals surface area contributed by atoms with Gasteiger partial charge in [0.25, 0.3) is 0 Å². The number of nitrogen functional groups attached to an aromatic ring is 1. The zero-order chi connectivity index (χ0) is 13.3. The molecule has 0 amide bonds. The highest BCUT2D eigenvalue weighted by Gasteiger charge is 2.46. The van der Waals surface area contributed by atoms with Crippen LogP contribution in [0.3, 0.4) is 0 Å². The van der Waals surface area contributed by atoms with E-state index in [1.807, 2.05) is 13.2 Å². The van der Waals surface area contributed by atoms with Gasteiger partial charge >= 0.3 is 0 Å². The first-order valence-electron chi connectivity index (χ1n) is 7.09. The van der Waals surface area contributed by atoms with Gasteiger partial charge in [-0.25, -0.2) is 9.97 Å². The number of hydrogen-bond acceptors (Lipinski definition) is 5. The lowest BCUT2D eigenvalue weighted by atomic mass is 9.76. The molecule has 0 aromatic carbocycles. The van der Waals surface area contributed by atoms with Gasteiger partial charge in [-0.1, -0.05) is 6.42 Å². The second-order valence-corrected chi connectivity index (χ2v) is 5.81. The molecule has 0 radical (unpaired) electrons. The van der Waals surface area contributed by atoms with Crippen LogP contribution < -0.4 is 10.6 Å². The molecule has 2 fully saturated rings. The maximum absolute atomic E-state index is 5.76. The fourth-order valence-corrected chi connectivity index (χ4v) is 3.83. The van der Waals surface area contributed by atoms with E-state index in [0.29, 0.717) is 17.3 Å². The van der Waals surface area contributed by atoms with Gasteiger partial charge in [-0.3, -0.25) is 0 Å². The molecule has 0 unspecified atom stereocenters. The number of nitrogens with two attached hydrogens (primary N) is 1. The van der Waals surface area contributed by atoms with Gasteiger partial charge in [0, 0.05) is 31.7 Å². The van der Waals surface area contributed by atoms with Crippen molar-refractivity contribution < 1.29 is 4.74 Å². The van der Waals surface area contributed by atoms with Crippen molar-refractivity contribution in [1.82, 2.24) is 9.97 Å². The number of piperidine rings is 1. The molecule has 0 bridgehead atoms. The SMILES string of the molecule is CO[C@@H]1CCC[C@]12CCCN(c1cc(N)ncn1)C2. The van der Waals surface area contributed by atoms with E-state index in [4.69, 9.17) is 10.5 Å². The summed E-state index contributed by atoms with van der Waals surface area (Å²) in [5, 5.41) is 0. The molecule has 2 heterocycles. The lowest BCUT2D eigenvalue weighted by molar-refractivity contribution is 0.00216.